The van der Waals surface area contributed by atoms with Crippen molar-refractivity contribution in [3.63, 3.8) is 0 Å². The number of ether oxygens (including phenoxy) is 1. The number of rotatable bonds is 3. The molecule has 2 rings (SSSR count). The molecule has 1 heterocycles. The van der Waals surface area contributed by atoms with Gasteiger partial charge in [0.15, 0.2) is 5.82 Å². The quantitative estimate of drug-likeness (QED) is 0.908. The first kappa shape index (κ1) is 15.7. The van der Waals surface area contributed by atoms with E-state index in [1.165, 1.54) is 11.5 Å². The van der Waals surface area contributed by atoms with Gasteiger partial charge in [-0.25, -0.2) is 4.98 Å². The van der Waals surface area contributed by atoms with Crippen molar-refractivity contribution in [2.24, 2.45) is 5.41 Å². The van der Waals surface area contributed by atoms with Gasteiger partial charge < -0.3 is 10.1 Å². The first-order valence-corrected chi connectivity index (χ1v) is 8.11. The second kappa shape index (κ2) is 5.26. The van der Waals surface area contributed by atoms with Gasteiger partial charge in [0.25, 0.3) is 0 Å². The van der Waals surface area contributed by atoms with E-state index in [2.05, 4.69) is 49.3 Å². The summed E-state index contributed by atoms with van der Waals surface area (Å²) in [7, 11) is 1.79. The van der Waals surface area contributed by atoms with Crippen molar-refractivity contribution in [3.05, 3.63) is 5.82 Å². The highest BCUT2D eigenvalue weighted by molar-refractivity contribution is 7.09. The molecular weight excluding hydrogens is 270 g/mol. The van der Waals surface area contributed by atoms with Crippen LogP contribution in [0.5, 0.6) is 0 Å². The lowest BCUT2D eigenvalue weighted by molar-refractivity contribution is -0.0720. The van der Waals surface area contributed by atoms with Crippen LogP contribution in [-0.4, -0.2) is 22.0 Å². The molecule has 5 heteroatoms. The van der Waals surface area contributed by atoms with Crippen LogP contribution in [0.2, 0.25) is 0 Å². The molecule has 1 aliphatic rings. The van der Waals surface area contributed by atoms with E-state index in [1.807, 2.05) is 0 Å². The number of nitrogens with one attached hydrogen (secondary N) is 1. The summed E-state index contributed by atoms with van der Waals surface area (Å²) in [4.78, 5) is 4.68. The van der Waals surface area contributed by atoms with Crippen LogP contribution in [0.3, 0.4) is 0 Å². The molecule has 0 unspecified atom stereocenters. The molecule has 0 aromatic carbocycles. The van der Waals surface area contributed by atoms with Crippen LogP contribution >= 0.6 is 11.5 Å². The van der Waals surface area contributed by atoms with Crippen LogP contribution in [0.1, 0.15) is 66.1 Å². The van der Waals surface area contributed by atoms with E-state index in [0.29, 0.717) is 5.41 Å². The molecule has 1 aromatic rings. The predicted molar refractivity (Wildman–Crippen MR) is 84.2 cm³/mol. The summed E-state index contributed by atoms with van der Waals surface area (Å²) in [5.74, 6) is 0.854. The zero-order valence-electron chi connectivity index (χ0n) is 13.5. The Hall–Kier alpha value is -0.680. The molecular formula is C15H27N3OS. The maximum atomic E-state index is 5.86. The van der Waals surface area contributed by atoms with Gasteiger partial charge in [-0.1, -0.05) is 13.8 Å². The minimum absolute atomic E-state index is 0.00555. The van der Waals surface area contributed by atoms with Crippen LogP contribution < -0.4 is 5.32 Å². The molecule has 0 aliphatic heterocycles. The van der Waals surface area contributed by atoms with E-state index in [9.17, 15) is 0 Å². The Kier molecular flexibility index (Phi) is 4.13. The molecule has 1 N–H and O–H groups in total. The summed E-state index contributed by atoms with van der Waals surface area (Å²) < 4.78 is 10.4. The third-order valence-electron chi connectivity index (χ3n) is 4.12. The Labute approximate surface area is 126 Å². The van der Waals surface area contributed by atoms with E-state index < -0.39 is 0 Å². The highest BCUT2D eigenvalue weighted by Crippen LogP contribution is 2.46. The molecule has 0 amide bonds. The molecule has 1 saturated carbocycles. The lowest BCUT2D eigenvalue weighted by atomic mass is 9.70. The molecule has 4 nitrogen and oxygen atoms in total. The van der Waals surface area contributed by atoms with E-state index in [0.717, 1.165) is 36.6 Å². The molecule has 0 radical (unpaired) electrons. The number of aromatic nitrogens is 2. The van der Waals surface area contributed by atoms with Crippen LogP contribution in [-0.2, 0) is 10.3 Å². The van der Waals surface area contributed by atoms with Gasteiger partial charge in [-0.15, -0.1) is 0 Å². The fourth-order valence-corrected chi connectivity index (χ4v) is 3.49. The molecule has 20 heavy (non-hydrogen) atoms. The summed E-state index contributed by atoms with van der Waals surface area (Å²) in [6.07, 6.45) is 4.31. The molecule has 1 aromatic heterocycles. The van der Waals surface area contributed by atoms with E-state index in [1.54, 1.807) is 7.11 Å². The first-order valence-electron chi connectivity index (χ1n) is 7.33. The maximum Gasteiger partial charge on any atom is 0.203 e. The van der Waals surface area contributed by atoms with Crippen molar-refractivity contribution >= 4 is 16.7 Å². The van der Waals surface area contributed by atoms with Crippen molar-refractivity contribution in [1.82, 2.24) is 9.36 Å². The minimum Gasteiger partial charge on any atom is -0.370 e. The van der Waals surface area contributed by atoms with Gasteiger partial charge in [0, 0.05) is 24.2 Å². The lowest BCUT2D eigenvalue weighted by Gasteiger charge is -2.40. The smallest absolute Gasteiger partial charge is 0.203 e. The Balaban J connectivity index is 2.17. The van der Waals surface area contributed by atoms with Crippen molar-refractivity contribution in [2.45, 2.75) is 71.4 Å². The van der Waals surface area contributed by atoms with Gasteiger partial charge in [-0.3, -0.25) is 0 Å². The monoisotopic (exact) mass is 297 g/mol. The number of nitrogens with zero attached hydrogens (tertiary/aromatic N) is 2. The number of hydrogen-bond acceptors (Lipinski definition) is 5. The Morgan fingerprint density at radius 2 is 1.75 bits per heavy atom. The van der Waals surface area contributed by atoms with Crippen molar-refractivity contribution in [1.29, 1.82) is 0 Å². The minimum atomic E-state index is -0.288. The average Bonchev–Trinajstić information content (AvgIpc) is 2.76. The Bertz CT molecular complexity index is 452. The molecule has 0 saturated heterocycles. The average molecular weight is 297 g/mol. The predicted octanol–water partition coefficient (Wildman–Crippen LogP) is 4.19. The van der Waals surface area contributed by atoms with Crippen molar-refractivity contribution in [2.75, 3.05) is 12.4 Å². The second-order valence-electron chi connectivity index (χ2n) is 7.66. The highest BCUT2D eigenvalue weighted by atomic mass is 32.1. The van der Waals surface area contributed by atoms with Crippen LogP contribution in [0, 0.1) is 5.41 Å². The molecule has 0 bridgehead atoms. The summed E-state index contributed by atoms with van der Waals surface area (Å²) >= 11 is 1.43. The summed E-state index contributed by atoms with van der Waals surface area (Å²) in [6.45, 7) is 11.0. The molecule has 0 spiro atoms. The lowest BCUT2D eigenvalue weighted by Crippen LogP contribution is -2.37. The maximum absolute atomic E-state index is 5.86. The molecule has 114 valence electrons. The van der Waals surface area contributed by atoms with Gasteiger partial charge in [-0.2, -0.15) is 4.37 Å². The van der Waals surface area contributed by atoms with Gasteiger partial charge in [-0.05, 0) is 51.9 Å². The normalized spacial score (nSPS) is 21.7. The van der Waals surface area contributed by atoms with E-state index >= 15 is 0 Å². The van der Waals surface area contributed by atoms with Crippen LogP contribution in [0.15, 0.2) is 0 Å². The van der Waals surface area contributed by atoms with Gasteiger partial charge in [0.1, 0.15) is 5.60 Å². The molecule has 1 fully saturated rings. The zero-order valence-corrected chi connectivity index (χ0v) is 14.4. The van der Waals surface area contributed by atoms with Gasteiger partial charge in [0.2, 0.25) is 5.13 Å². The third-order valence-corrected chi connectivity index (χ3v) is 4.75. The van der Waals surface area contributed by atoms with Crippen molar-refractivity contribution < 1.29 is 4.74 Å². The number of anilines is 1. The topological polar surface area (TPSA) is 47.0 Å². The highest BCUT2D eigenvalue weighted by Gasteiger charge is 2.42. The van der Waals surface area contributed by atoms with Crippen LogP contribution in [0.25, 0.3) is 0 Å². The van der Waals surface area contributed by atoms with Gasteiger partial charge in [0.05, 0.1) is 0 Å². The summed E-state index contributed by atoms with van der Waals surface area (Å²) in [5, 5.41) is 4.27. The van der Waals surface area contributed by atoms with Crippen molar-refractivity contribution in [3.8, 4) is 0 Å². The largest absolute Gasteiger partial charge is 0.370 e. The van der Waals surface area contributed by atoms with Crippen LogP contribution in [0.4, 0.5) is 5.13 Å². The fraction of sp³-hybridized carbons (Fsp3) is 0.867. The molecule has 1 aliphatic carbocycles. The zero-order chi connectivity index (χ0) is 15.0. The fourth-order valence-electron chi connectivity index (χ4n) is 2.63. The Morgan fingerprint density at radius 3 is 2.25 bits per heavy atom. The SMILES string of the molecule is COC1(c2nsc(NC(C)(C)C)n2)CCC(C)(C)CC1. The number of methoxy groups -OCH3 is 1. The number of hydrogen-bond donors (Lipinski definition) is 1. The first-order chi connectivity index (χ1) is 9.16. The summed E-state index contributed by atoms with van der Waals surface area (Å²) in [5.41, 5.74) is 0.125. The van der Waals surface area contributed by atoms with E-state index in [4.69, 9.17) is 4.74 Å². The summed E-state index contributed by atoms with van der Waals surface area (Å²) in [6, 6.07) is 0. The van der Waals surface area contributed by atoms with E-state index in [-0.39, 0.29) is 11.1 Å². The van der Waals surface area contributed by atoms with Gasteiger partial charge >= 0.3 is 0 Å². The molecule has 0 atom stereocenters. The Morgan fingerprint density at radius 1 is 1.15 bits per heavy atom. The third kappa shape index (κ3) is 3.50. The second-order valence-corrected chi connectivity index (χ2v) is 8.41. The standard InChI is InChI=1S/C15H27N3OS/c1-13(2,3)17-12-16-11(18-20-12)15(19-6)9-7-14(4,5)8-10-15/h7-10H2,1-6H3,(H,16,17,18).